The summed E-state index contributed by atoms with van der Waals surface area (Å²) < 4.78 is 5.23. The van der Waals surface area contributed by atoms with Gasteiger partial charge in [-0.2, -0.15) is 0 Å². The normalized spacial score (nSPS) is 11.2. The first-order valence-corrected chi connectivity index (χ1v) is 6.19. The molecule has 2 rings (SSSR count). The fraction of sp³-hybridized carbons (Fsp3) is 0.133. The second kappa shape index (κ2) is 6.25. The first kappa shape index (κ1) is 13.4. The SMILES string of the molecule is COC(=NNc1ccc(C)cc1)c1[c]cc(Cl)cc1. The van der Waals surface area contributed by atoms with Crippen molar-refractivity contribution in [1.29, 1.82) is 0 Å². The van der Waals surface area contributed by atoms with Crippen molar-refractivity contribution in [3.8, 4) is 0 Å². The molecule has 3 nitrogen and oxygen atoms in total. The van der Waals surface area contributed by atoms with Gasteiger partial charge in [0.05, 0.1) is 12.8 Å². The summed E-state index contributed by atoms with van der Waals surface area (Å²) in [5.41, 5.74) is 5.79. The van der Waals surface area contributed by atoms with Gasteiger partial charge in [0.1, 0.15) is 0 Å². The maximum absolute atomic E-state index is 5.82. The fourth-order valence-electron chi connectivity index (χ4n) is 1.50. The van der Waals surface area contributed by atoms with Gasteiger partial charge in [-0.25, -0.2) is 0 Å². The molecule has 0 heterocycles. The number of nitrogens with one attached hydrogen (secondary N) is 1. The van der Waals surface area contributed by atoms with Crippen LogP contribution in [0.3, 0.4) is 0 Å². The van der Waals surface area contributed by atoms with Crippen LogP contribution < -0.4 is 5.43 Å². The van der Waals surface area contributed by atoms with Crippen molar-refractivity contribution < 1.29 is 4.74 Å². The fourth-order valence-corrected chi connectivity index (χ4v) is 1.62. The molecule has 0 bridgehead atoms. The minimum Gasteiger partial charge on any atom is -0.480 e. The number of rotatable bonds is 3. The Bertz CT molecular complexity index is 562. The standard InChI is InChI=1S/C15H14ClN2O/c1-11-3-9-14(10-4-11)17-18-15(19-2)12-5-7-13(16)8-6-12/h3-5,7-10,17H,1-2H3. The van der Waals surface area contributed by atoms with Gasteiger partial charge in [0.2, 0.25) is 5.90 Å². The highest BCUT2D eigenvalue weighted by atomic mass is 35.5. The number of hydrazone groups is 1. The van der Waals surface area contributed by atoms with Crippen LogP contribution in [0, 0.1) is 13.0 Å². The lowest BCUT2D eigenvalue weighted by Gasteiger charge is -2.06. The van der Waals surface area contributed by atoms with Crippen LogP contribution in [0.15, 0.2) is 47.6 Å². The first-order valence-electron chi connectivity index (χ1n) is 5.81. The van der Waals surface area contributed by atoms with Gasteiger partial charge in [-0.1, -0.05) is 29.3 Å². The van der Waals surface area contributed by atoms with Gasteiger partial charge in [-0.15, -0.1) is 5.10 Å². The van der Waals surface area contributed by atoms with Crippen LogP contribution in [-0.4, -0.2) is 13.0 Å². The Morgan fingerprint density at radius 1 is 1.21 bits per heavy atom. The molecule has 0 atom stereocenters. The van der Waals surface area contributed by atoms with E-state index in [2.05, 4.69) is 16.6 Å². The maximum atomic E-state index is 5.82. The zero-order valence-electron chi connectivity index (χ0n) is 10.8. The smallest absolute Gasteiger partial charge is 0.238 e. The van der Waals surface area contributed by atoms with Gasteiger partial charge < -0.3 is 4.74 Å². The summed E-state index contributed by atoms with van der Waals surface area (Å²) in [5.74, 6) is 0.456. The van der Waals surface area contributed by atoms with Gasteiger partial charge in [-0.05, 0) is 43.3 Å². The van der Waals surface area contributed by atoms with Crippen LogP contribution in [0.5, 0.6) is 0 Å². The number of halogens is 1. The Labute approximate surface area is 117 Å². The predicted molar refractivity (Wildman–Crippen MR) is 78.6 cm³/mol. The number of anilines is 1. The van der Waals surface area contributed by atoms with Crippen molar-refractivity contribution in [2.45, 2.75) is 6.92 Å². The highest BCUT2D eigenvalue weighted by Crippen LogP contribution is 2.12. The van der Waals surface area contributed by atoms with E-state index in [-0.39, 0.29) is 0 Å². The topological polar surface area (TPSA) is 33.6 Å². The molecule has 19 heavy (non-hydrogen) atoms. The highest BCUT2D eigenvalue weighted by molar-refractivity contribution is 6.30. The minimum atomic E-state index is 0.456. The molecule has 0 aliphatic carbocycles. The monoisotopic (exact) mass is 273 g/mol. The molecule has 97 valence electrons. The van der Waals surface area contributed by atoms with E-state index in [1.54, 1.807) is 19.2 Å². The molecular formula is C15H14ClN2O. The van der Waals surface area contributed by atoms with Crippen molar-refractivity contribution in [3.63, 3.8) is 0 Å². The summed E-state index contributed by atoms with van der Waals surface area (Å²) in [5, 5.41) is 4.84. The zero-order chi connectivity index (χ0) is 13.7. The third-order valence-corrected chi connectivity index (χ3v) is 2.77. The second-order valence-electron chi connectivity index (χ2n) is 4.02. The zero-order valence-corrected chi connectivity index (χ0v) is 11.5. The number of aryl methyl sites for hydroxylation is 1. The number of hydrogen-bond donors (Lipinski definition) is 1. The Morgan fingerprint density at radius 2 is 1.95 bits per heavy atom. The van der Waals surface area contributed by atoms with Gasteiger partial charge >= 0.3 is 0 Å². The highest BCUT2D eigenvalue weighted by Gasteiger charge is 2.03. The van der Waals surface area contributed by atoms with Crippen molar-refractivity contribution in [3.05, 3.63) is 64.7 Å². The lowest BCUT2D eigenvalue weighted by molar-refractivity contribution is 0.404. The molecule has 2 aromatic rings. The Morgan fingerprint density at radius 3 is 2.53 bits per heavy atom. The van der Waals surface area contributed by atoms with Gasteiger partial charge in [0, 0.05) is 10.6 Å². The number of benzene rings is 2. The molecule has 0 saturated carbocycles. The van der Waals surface area contributed by atoms with E-state index >= 15 is 0 Å². The number of ether oxygens (including phenoxy) is 1. The number of methoxy groups -OCH3 is 1. The Hall–Kier alpha value is -2.00. The van der Waals surface area contributed by atoms with Crippen molar-refractivity contribution in [2.24, 2.45) is 5.10 Å². The van der Waals surface area contributed by atoms with E-state index in [9.17, 15) is 0 Å². The molecule has 0 aliphatic heterocycles. The van der Waals surface area contributed by atoms with Crippen LogP contribution >= 0.6 is 11.6 Å². The Kier molecular flexibility index (Phi) is 4.42. The minimum absolute atomic E-state index is 0.456. The van der Waals surface area contributed by atoms with Gasteiger partial charge in [0.25, 0.3) is 0 Å². The molecule has 0 saturated heterocycles. The van der Waals surface area contributed by atoms with E-state index in [1.807, 2.05) is 37.3 Å². The van der Waals surface area contributed by atoms with Crippen LogP contribution in [0.2, 0.25) is 5.02 Å². The van der Waals surface area contributed by atoms with Crippen LogP contribution in [0.4, 0.5) is 5.69 Å². The first-order chi connectivity index (χ1) is 9.19. The summed E-state index contributed by atoms with van der Waals surface area (Å²) in [4.78, 5) is 0. The summed E-state index contributed by atoms with van der Waals surface area (Å²) in [7, 11) is 1.57. The molecule has 0 unspecified atom stereocenters. The summed E-state index contributed by atoms with van der Waals surface area (Å²) >= 11 is 5.82. The molecule has 2 aromatic carbocycles. The van der Waals surface area contributed by atoms with Crippen LogP contribution in [0.1, 0.15) is 11.1 Å². The van der Waals surface area contributed by atoms with E-state index in [0.29, 0.717) is 10.9 Å². The van der Waals surface area contributed by atoms with E-state index < -0.39 is 0 Å². The van der Waals surface area contributed by atoms with Gasteiger partial charge in [0.15, 0.2) is 0 Å². The molecule has 0 spiro atoms. The van der Waals surface area contributed by atoms with E-state index in [4.69, 9.17) is 16.3 Å². The second-order valence-corrected chi connectivity index (χ2v) is 4.46. The largest absolute Gasteiger partial charge is 0.480 e. The molecule has 0 aromatic heterocycles. The lowest BCUT2D eigenvalue weighted by Crippen LogP contribution is -2.06. The van der Waals surface area contributed by atoms with Crippen LogP contribution in [0.25, 0.3) is 0 Å². The van der Waals surface area contributed by atoms with E-state index in [0.717, 1.165) is 11.3 Å². The Balaban J connectivity index is 2.15. The third kappa shape index (κ3) is 3.73. The molecule has 1 N–H and O–H groups in total. The van der Waals surface area contributed by atoms with Crippen molar-refractivity contribution in [1.82, 2.24) is 0 Å². The molecule has 0 fully saturated rings. The molecule has 0 amide bonds. The number of hydrogen-bond acceptors (Lipinski definition) is 3. The van der Waals surface area contributed by atoms with Crippen LogP contribution in [-0.2, 0) is 4.74 Å². The molecule has 4 heteroatoms. The average Bonchev–Trinajstić information content (AvgIpc) is 2.43. The van der Waals surface area contributed by atoms with Gasteiger partial charge in [-0.3, -0.25) is 5.43 Å². The number of nitrogens with zero attached hydrogens (tertiary/aromatic N) is 1. The lowest BCUT2D eigenvalue weighted by atomic mass is 10.2. The van der Waals surface area contributed by atoms with Crippen molar-refractivity contribution >= 4 is 23.2 Å². The summed E-state index contributed by atoms with van der Waals surface area (Å²) in [6.45, 7) is 2.04. The maximum Gasteiger partial charge on any atom is 0.238 e. The quantitative estimate of drug-likeness (QED) is 0.523. The molecule has 0 aliphatic rings. The predicted octanol–water partition coefficient (Wildman–Crippen LogP) is 3.87. The third-order valence-electron chi connectivity index (χ3n) is 2.54. The summed E-state index contributed by atoms with van der Waals surface area (Å²) in [6.07, 6.45) is 0. The van der Waals surface area contributed by atoms with Crippen molar-refractivity contribution in [2.75, 3.05) is 12.5 Å². The van der Waals surface area contributed by atoms with E-state index in [1.165, 1.54) is 5.56 Å². The summed E-state index contributed by atoms with van der Waals surface area (Å²) in [6, 6.07) is 16.2. The average molecular weight is 274 g/mol. The molecule has 1 radical (unpaired) electrons. The molecular weight excluding hydrogens is 260 g/mol.